The second-order valence-electron chi connectivity index (χ2n) is 10.3. The molecule has 4 rings (SSSR count). The molecule has 8 nitrogen and oxygen atoms in total. The van der Waals surface area contributed by atoms with Crippen LogP contribution in [-0.4, -0.2) is 62.4 Å². The minimum atomic E-state index is -5.08. The number of alkyl halides is 3. The van der Waals surface area contributed by atoms with Gasteiger partial charge in [-0.3, -0.25) is 9.69 Å². The fraction of sp³-hybridized carbons (Fsp3) is 0.481. The van der Waals surface area contributed by atoms with Crippen LogP contribution in [0.2, 0.25) is 10.0 Å². The smallest absolute Gasteiger partial charge is 0.490 e. The van der Waals surface area contributed by atoms with E-state index in [2.05, 4.69) is 11.8 Å². The zero-order valence-corrected chi connectivity index (χ0v) is 25.0. The van der Waals surface area contributed by atoms with E-state index in [-0.39, 0.29) is 23.4 Å². The molecule has 0 aromatic heterocycles. The summed E-state index contributed by atoms with van der Waals surface area (Å²) >= 11 is 12.4. The molecule has 2 aromatic rings. The quantitative estimate of drug-likeness (QED) is 0.326. The second kappa shape index (κ2) is 13.8. The van der Waals surface area contributed by atoms with Crippen LogP contribution in [0.4, 0.5) is 17.6 Å². The molecule has 1 saturated carbocycles. The van der Waals surface area contributed by atoms with E-state index in [0.29, 0.717) is 22.4 Å². The van der Waals surface area contributed by atoms with Crippen LogP contribution in [0.15, 0.2) is 30.3 Å². The highest BCUT2D eigenvalue weighted by Gasteiger charge is 2.38. The van der Waals surface area contributed by atoms with Gasteiger partial charge in [0.15, 0.2) is 0 Å². The van der Waals surface area contributed by atoms with Crippen LogP contribution in [0.3, 0.4) is 0 Å². The normalized spacial score (nSPS) is 18.4. The van der Waals surface area contributed by atoms with Gasteiger partial charge in [0.25, 0.3) is 5.91 Å². The van der Waals surface area contributed by atoms with Crippen molar-refractivity contribution in [2.75, 3.05) is 26.0 Å². The van der Waals surface area contributed by atoms with Gasteiger partial charge in [0, 0.05) is 34.6 Å². The molecule has 1 aliphatic heterocycles. The fourth-order valence-corrected chi connectivity index (χ4v) is 5.62. The first-order valence-corrected chi connectivity index (χ1v) is 15.6. The summed E-state index contributed by atoms with van der Waals surface area (Å²) in [7, 11) is -3.79. The topological polar surface area (TPSA) is 113 Å². The lowest BCUT2D eigenvalue weighted by Gasteiger charge is -2.37. The van der Waals surface area contributed by atoms with Crippen molar-refractivity contribution >= 4 is 45.1 Å². The van der Waals surface area contributed by atoms with Crippen molar-refractivity contribution in [3.8, 4) is 5.75 Å². The van der Waals surface area contributed by atoms with Crippen molar-refractivity contribution < 1.29 is 45.4 Å². The summed E-state index contributed by atoms with van der Waals surface area (Å²) in [6.07, 6.45) is -0.369. The van der Waals surface area contributed by atoms with Crippen molar-refractivity contribution in [3.63, 3.8) is 0 Å². The Labute approximate surface area is 251 Å². The van der Waals surface area contributed by atoms with Crippen LogP contribution in [0, 0.1) is 11.7 Å². The van der Waals surface area contributed by atoms with Gasteiger partial charge < -0.3 is 9.84 Å². The summed E-state index contributed by atoms with van der Waals surface area (Å²) in [6.45, 7) is 4.33. The lowest BCUT2D eigenvalue weighted by Crippen LogP contribution is -2.39. The van der Waals surface area contributed by atoms with Gasteiger partial charge in [0.05, 0.1) is 18.4 Å². The average molecular weight is 658 g/mol. The van der Waals surface area contributed by atoms with Crippen LogP contribution in [0.1, 0.15) is 66.1 Å². The minimum absolute atomic E-state index is 0.140. The summed E-state index contributed by atoms with van der Waals surface area (Å²) in [5, 5.41) is 8.35. The van der Waals surface area contributed by atoms with Gasteiger partial charge in [-0.05, 0) is 80.5 Å². The number of sulfonamides is 1. The number of aliphatic carboxylic acids is 1. The Bertz CT molecular complexity index is 1400. The van der Waals surface area contributed by atoms with E-state index < -0.39 is 33.9 Å². The molecule has 15 heteroatoms. The Morgan fingerprint density at radius 2 is 1.71 bits per heavy atom. The fourth-order valence-electron chi connectivity index (χ4n) is 4.63. The van der Waals surface area contributed by atoms with Crippen LogP contribution in [0.25, 0.3) is 0 Å². The Morgan fingerprint density at radius 3 is 2.24 bits per heavy atom. The maximum atomic E-state index is 14.8. The van der Waals surface area contributed by atoms with Crippen molar-refractivity contribution in [3.05, 3.63) is 62.9 Å². The van der Waals surface area contributed by atoms with E-state index in [0.717, 1.165) is 56.2 Å². The first kappa shape index (κ1) is 33.9. The number of rotatable bonds is 8. The van der Waals surface area contributed by atoms with Crippen LogP contribution < -0.4 is 9.46 Å². The molecule has 0 radical (unpaired) electrons. The number of likely N-dealkylation sites (tertiary alicyclic amines) is 1. The Morgan fingerprint density at radius 1 is 1.12 bits per heavy atom. The first-order chi connectivity index (χ1) is 19.4. The largest absolute Gasteiger partial charge is 0.493 e. The number of carboxylic acids is 1. The van der Waals surface area contributed by atoms with E-state index in [9.17, 15) is 30.8 Å². The molecule has 1 amide bonds. The Kier molecular flexibility index (Phi) is 11.1. The van der Waals surface area contributed by atoms with Gasteiger partial charge in [0.1, 0.15) is 11.6 Å². The number of nitrogens with zero attached hydrogens (tertiary/aromatic N) is 1. The molecule has 1 heterocycles. The van der Waals surface area contributed by atoms with E-state index in [1.807, 2.05) is 16.9 Å². The summed E-state index contributed by atoms with van der Waals surface area (Å²) in [6, 6.07) is 8.37. The highest BCUT2D eigenvalue weighted by Crippen LogP contribution is 2.45. The Hall–Kier alpha value is -2.61. The predicted octanol–water partition coefficient (Wildman–Crippen LogP) is 6.18. The molecule has 232 valence electrons. The SMILES string of the molecule is C[C@@H](c1cc(Cl)cc(Cl)c1)N1CCC[C@H](COc2cc(F)c(C(=O)NS(C)(=O)=O)cc2C2CC2)C1.O=C(O)C(F)(F)F. The third kappa shape index (κ3) is 9.99. The molecule has 2 N–H and O–H groups in total. The molecule has 1 aliphatic carbocycles. The number of amides is 1. The number of halogens is 6. The van der Waals surface area contributed by atoms with E-state index >= 15 is 0 Å². The van der Waals surface area contributed by atoms with Crippen LogP contribution in [-0.2, 0) is 14.8 Å². The molecular weight excluding hydrogens is 627 g/mol. The van der Waals surface area contributed by atoms with Crippen molar-refractivity contribution in [2.24, 2.45) is 5.92 Å². The highest BCUT2D eigenvalue weighted by molar-refractivity contribution is 7.89. The van der Waals surface area contributed by atoms with Crippen LogP contribution >= 0.6 is 23.2 Å². The molecule has 0 spiro atoms. The number of piperidine rings is 1. The number of ether oxygens (including phenoxy) is 1. The number of carbonyl (C=O) groups is 2. The van der Waals surface area contributed by atoms with E-state index in [1.54, 1.807) is 6.07 Å². The zero-order valence-electron chi connectivity index (χ0n) is 22.7. The maximum absolute atomic E-state index is 14.8. The number of benzene rings is 2. The molecule has 2 atom stereocenters. The van der Waals surface area contributed by atoms with E-state index in [4.69, 9.17) is 37.8 Å². The van der Waals surface area contributed by atoms with Gasteiger partial charge >= 0.3 is 12.1 Å². The van der Waals surface area contributed by atoms with Crippen molar-refractivity contribution in [1.29, 1.82) is 0 Å². The third-order valence-corrected chi connectivity index (χ3v) is 7.81. The molecule has 2 aliphatic rings. The second-order valence-corrected chi connectivity index (χ2v) is 13.0. The number of carbonyl (C=O) groups excluding carboxylic acids is 1. The predicted molar refractivity (Wildman–Crippen MR) is 149 cm³/mol. The Balaban J connectivity index is 0.000000616. The van der Waals surface area contributed by atoms with Crippen molar-refractivity contribution in [2.45, 2.75) is 50.7 Å². The summed E-state index contributed by atoms with van der Waals surface area (Å²) < 4.78 is 77.2. The minimum Gasteiger partial charge on any atom is -0.493 e. The third-order valence-electron chi connectivity index (χ3n) is 6.82. The molecule has 42 heavy (non-hydrogen) atoms. The molecule has 0 unspecified atom stereocenters. The molecular formula is C27H30Cl2F4N2O6S. The zero-order chi connectivity index (χ0) is 31.4. The van der Waals surface area contributed by atoms with Gasteiger partial charge in [-0.1, -0.05) is 23.2 Å². The number of hydrogen-bond donors (Lipinski definition) is 2. The summed E-state index contributed by atoms with van der Waals surface area (Å²) in [4.78, 5) is 23.5. The number of nitrogens with one attached hydrogen (secondary N) is 1. The molecule has 1 saturated heterocycles. The lowest BCUT2D eigenvalue weighted by atomic mass is 9.95. The maximum Gasteiger partial charge on any atom is 0.490 e. The number of hydrogen-bond acceptors (Lipinski definition) is 6. The number of carboxylic acid groups (broad SMARTS) is 1. The standard InChI is InChI=1S/C25H29Cl2FN2O4S.C2HF3O2/c1-15(18-8-19(26)10-20(27)9-18)30-7-3-4-16(13-30)14-34-24-12-23(28)22(11-21(24)17-5-6-17)25(31)29-35(2,32)33;3-2(4,5)1(6)7/h8-12,15-17H,3-7,13-14H2,1-2H3,(H,29,31);(H,6,7)/t15-,16-;/m0./s1. The molecule has 2 aromatic carbocycles. The average Bonchev–Trinajstić information content (AvgIpc) is 3.71. The lowest BCUT2D eigenvalue weighted by molar-refractivity contribution is -0.192. The van der Waals surface area contributed by atoms with E-state index in [1.165, 1.54) is 12.1 Å². The van der Waals surface area contributed by atoms with Crippen LogP contribution in [0.5, 0.6) is 5.75 Å². The molecule has 2 fully saturated rings. The monoisotopic (exact) mass is 656 g/mol. The van der Waals surface area contributed by atoms with Gasteiger partial charge in [-0.2, -0.15) is 13.2 Å². The van der Waals surface area contributed by atoms with Gasteiger partial charge in [0.2, 0.25) is 10.0 Å². The van der Waals surface area contributed by atoms with Crippen molar-refractivity contribution in [1.82, 2.24) is 9.62 Å². The molecule has 0 bridgehead atoms. The summed E-state index contributed by atoms with van der Waals surface area (Å²) in [5.41, 5.74) is 1.52. The van der Waals surface area contributed by atoms with Gasteiger partial charge in [-0.15, -0.1) is 0 Å². The first-order valence-electron chi connectivity index (χ1n) is 12.9. The highest BCUT2D eigenvalue weighted by atomic mass is 35.5. The summed E-state index contributed by atoms with van der Waals surface area (Å²) in [5.74, 6) is -3.67. The van der Waals surface area contributed by atoms with Gasteiger partial charge in [-0.25, -0.2) is 22.3 Å².